The first-order valence-electron chi connectivity index (χ1n) is 9.73. The summed E-state index contributed by atoms with van der Waals surface area (Å²) >= 11 is 0. The van der Waals surface area contributed by atoms with Crippen LogP contribution >= 0.6 is 0 Å². The van der Waals surface area contributed by atoms with Gasteiger partial charge in [0.05, 0.1) is 22.9 Å². The highest BCUT2D eigenvalue weighted by molar-refractivity contribution is 5.95. The summed E-state index contributed by atoms with van der Waals surface area (Å²) in [6.45, 7) is 3.12. The average molecular weight is 460 g/mol. The number of alkyl halides is 6. The number of halogens is 6. The summed E-state index contributed by atoms with van der Waals surface area (Å²) in [5.74, 6) is -3.55. The number of carbonyl (C=O) groups is 1. The van der Waals surface area contributed by atoms with E-state index in [1.54, 1.807) is 4.90 Å². The topological polar surface area (TPSA) is 83.0 Å². The molecule has 32 heavy (non-hydrogen) atoms. The van der Waals surface area contributed by atoms with Crippen LogP contribution in [0.25, 0.3) is 11.4 Å². The van der Waals surface area contributed by atoms with Gasteiger partial charge in [0.25, 0.3) is 0 Å². The fourth-order valence-corrected chi connectivity index (χ4v) is 3.88. The Hall–Kier alpha value is -2.96. The van der Waals surface area contributed by atoms with Crippen LogP contribution in [0.1, 0.15) is 30.4 Å². The summed E-state index contributed by atoms with van der Waals surface area (Å²) in [6, 6.07) is 1.53. The lowest BCUT2D eigenvalue weighted by atomic mass is 9.89. The highest BCUT2D eigenvalue weighted by atomic mass is 19.4. The number of fused-ring (bicyclic) bond motifs is 1. The molecule has 0 aliphatic carbocycles. The van der Waals surface area contributed by atoms with Crippen molar-refractivity contribution in [2.24, 2.45) is 0 Å². The van der Waals surface area contributed by atoms with E-state index in [2.05, 4.69) is 25.6 Å². The highest BCUT2D eigenvalue weighted by Gasteiger charge is 2.47. The lowest BCUT2D eigenvalue weighted by Gasteiger charge is -2.33. The van der Waals surface area contributed by atoms with Crippen LogP contribution in [0.15, 0.2) is 18.5 Å². The van der Waals surface area contributed by atoms with Crippen molar-refractivity contribution >= 4 is 17.5 Å². The zero-order valence-electron chi connectivity index (χ0n) is 16.7. The maximum atomic E-state index is 13.7. The Morgan fingerprint density at radius 3 is 2.53 bits per heavy atom. The van der Waals surface area contributed by atoms with E-state index in [9.17, 15) is 31.1 Å². The molecular formula is C19H18F6N6O. The van der Waals surface area contributed by atoms with Crippen molar-refractivity contribution in [1.82, 2.24) is 20.3 Å². The van der Waals surface area contributed by atoms with Gasteiger partial charge in [-0.3, -0.25) is 4.79 Å². The number of nitrogens with zero attached hydrogens (tertiary/aromatic N) is 4. The first-order valence-corrected chi connectivity index (χ1v) is 9.73. The summed E-state index contributed by atoms with van der Waals surface area (Å²) in [7, 11) is 0. The van der Waals surface area contributed by atoms with E-state index >= 15 is 0 Å². The quantitative estimate of drug-likeness (QED) is 0.669. The zero-order valence-corrected chi connectivity index (χ0v) is 16.7. The molecule has 2 aliphatic heterocycles. The highest BCUT2D eigenvalue weighted by Crippen LogP contribution is 2.46. The zero-order chi connectivity index (χ0) is 23.3. The Labute approximate surface area is 178 Å². The smallest absolute Gasteiger partial charge is 0.354 e. The number of carbonyl (C=O) groups excluding carboxylic acids is 1. The number of anilines is 2. The summed E-state index contributed by atoms with van der Waals surface area (Å²) in [5.41, 5.74) is -2.32. The normalized spacial score (nSPS) is 21.8. The van der Waals surface area contributed by atoms with Gasteiger partial charge in [0, 0.05) is 37.7 Å². The summed E-state index contributed by atoms with van der Waals surface area (Å²) in [5, 5.41) is 5.40. The second-order valence-corrected chi connectivity index (χ2v) is 7.73. The molecule has 4 heterocycles. The molecule has 2 aromatic rings. The van der Waals surface area contributed by atoms with Crippen LogP contribution in [-0.2, 0) is 11.0 Å². The second kappa shape index (κ2) is 7.87. The molecule has 13 heteroatoms. The molecule has 7 nitrogen and oxygen atoms in total. The molecule has 172 valence electrons. The lowest BCUT2D eigenvalue weighted by Crippen LogP contribution is -2.49. The second-order valence-electron chi connectivity index (χ2n) is 7.73. The van der Waals surface area contributed by atoms with E-state index in [4.69, 9.17) is 0 Å². The molecule has 1 amide bonds. The Bertz CT molecular complexity index is 1040. The fraction of sp³-hybridized carbons (Fsp3) is 0.474. The molecule has 2 aromatic heterocycles. The Balaban J connectivity index is 1.90. The summed E-state index contributed by atoms with van der Waals surface area (Å²) in [4.78, 5) is 25.2. The van der Waals surface area contributed by atoms with Crippen LogP contribution in [0.4, 0.5) is 38.0 Å². The van der Waals surface area contributed by atoms with Gasteiger partial charge in [-0.25, -0.2) is 15.0 Å². The van der Waals surface area contributed by atoms with Gasteiger partial charge in [-0.1, -0.05) is 0 Å². The van der Waals surface area contributed by atoms with Crippen LogP contribution < -0.4 is 15.5 Å². The van der Waals surface area contributed by atoms with E-state index in [0.29, 0.717) is 25.7 Å². The molecule has 2 aliphatic rings. The van der Waals surface area contributed by atoms with E-state index in [-0.39, 0.29) is 23.4 Å². The average Bonchev–Trinajstić information content (AvgIpc) is 2.71. The third-order valence-corrected chi connectivity index (χ3v) is 5.35. The van der Waals surface area contributed by atoms with Gasteiger partial charge in [0.15, 0.2) is 0 Å². The van der Waals surface area contributed by atoms with Gasteiger partial charge in [0.1, 0.15) is 18.0 Å². The van der Waals surface area contributed by atoms with E-state index in [1.807, 2.05) is 6.92 Å². The first kappa shape index (κ1) is 22.2. The number of piperazine rings is 1. The van der Waals surface area contributed by atoms with Crippen molar-refractivity contribution in [3.63, 3.8) is 0 Å². The van der Waals surface area contributed by atoms with Crippen molar-refractivity contribution < 1.29 is 31.1 Å². The van der Waals surface area contributed by atoms with Crippen molar-refractivity contribution in [1.29, 1.82) is 0 Å². The predicted molar refractivity (Wildman–Crippen MR) is 102 cm³/mol. The van der Waals surface area contributed by atoms with Gasteiger partial charge in [0.2, 0.25) is 5.91 Å². The standard InChI is InChI=1S/C19H18F6N6O/c1-9-7-31(3-2-26-9)13-5-10(18(20,21)22)4-12(29-13)16-15-11(19(23,24)25)6-14(32)30-17(15)28-8-27-16/h4-5,8-9,11,26H,2-3,6-7H2,1H3,(H,27,28,30,32)/t9-,11-/m0/s1. The summed E-state index contributed by atoms with van der Waals surface area (Å²) < 4.78 is 82.1. The van der Waals surface area contributed by atoms with Crippen LogP contribution in [0.5, 0.6) is 0 Å². The van der Waals surface area contributed by atoms with E-state index in [1.165, 1.54) is 0 Å². The first-order chi connectivity index (χ1) is 14.9. The number of amides is 1. The molecule has 1 saturated heterocycles. The minimum atomic E-state index is -4.83. The third-order valence-electron chi connectivity index (χ3n) is 5.35. The molecule has 2 N–H and O–H groups in total. The Morgan fingerprint density at radius 2 is 1.88 bits per heavy atom. The SMILES string of the molecule is C[C@H]1CN(c2cc(C(F)(F)F)cc(-c3ncnc4c3[C@@H](C(F)(F)F)CC(=O)N4)n2)CCN1. The number of hydrogen-bond acceptors (Lipinski definition) is 6. The Morgan fingerprint density at radius 1 is 1.12 bits per heavy atom. The maximum absolute atomic E-state index is 13.7. The molecule has 0 radical (unpaired) electrons. The minimum Gasteiger partial charge on any atom is -0.354 e. The molecule has 0 spiro atoms. The maximum Gasteiger partial charge on any atom is 0.416 e. The van der Waals surface area contributed by atoms with Crippen LogP contribution in [0, 0.1) is 0 Å². The molecule has 0 saturated carbocycles. The third kappa shape index (κ3) is 4.33. The van der Waals surface area contributed by atoms with Crippen LogP contribution in [-0.4, -0.2) is 52.7 Å². The fourth-order valence-electron chi connectivity index (χ4n) is 3.88. The van der Waals surface area contributed by atoms with Crippen LogP contribution in [0.2, 0.25) is 0 Å². The molecule has 2 atom stereocenters. The van der Waals surface area contributed by atoms with Crippen molar-refractivity contribution in [3.8, 4) is 11.4 Å². The molecule has 4 rings (SSSR count). The largest absolute Gasteiger partial charge is 0.416 e. The molecule has 0 bridgehead atoms. The predicted octanol–water partition coefficient (Wildman–Crippen LogP) is 3.34. The number of nitrogens with one attached hydrogen (secondary N) is 2. The molecular weight excluding hydrogens is 442 g/mol. The van der Waals surface area contributed by atoms with Gasteiger partial charge < -0.3 is 15.5 Å². The Kier molecular flexibility index (Phi) is 5.47. The lowest BCUT2D eigenvalue weighted by molar-refractivity contribution is -0.156. The van der Waals surface area contributed by atoms with Gasteiger partial charge >= 0.3 is 12.4 Å². The summed E-state index contributed by atoms with van der Waals surface area (Å²) in [6.07, 6.45) is -9.61. The van der Waals surface area contributed by atoms with E-state index in [0.717, 1.165) is 12.4 Å². The van der Waals surface area contributed by atoms with E-state index < -0.39 is 47.4 Å². The van der Waals surface area contributed by atoms with Crippen molar-refractivity contribution in [2.75, 3.05) is 29.9 Å². The minimum absolute atomic E-state index is 0.0137. The van der Waals surface area contributed by atoms with Gasteiger partial charge in [-0.15, -0.1) is 0 Å². The van der Waals surface area contributed by atoms with Crippen molar-refractivity contribution in [3.05, 3.63) is 29.6 Å². The van der Waals surface area contributed by atoms with Crippen LogP contribution in [0.3, 0.4) is 0 Å². The van der Waals surface area contributed by atoms with Gasteiger partial charge in [-0.2, -0.15) is 26.3 Å². The molecule has 1 fully saturated rings. The van der Waals surface area contributed by atoms with Gasteiger partial charge in [-0.05, 0) is 19.1 Å². The molecule has 0 aromatic carbocycles. The number of hydrogen-bond donors (Lipinski definition) is 2. The molecule has 0 unspecified atom stereocenters. The number of pyridine rings is 1. The number of rotatable bonds is 2. The van der Waals surface area contributed by atoms with Crippen molar-refractivity contribution in [2.45, 2.75) is 37.7 Å². The number of aromatic nitrogens is 3. The monoisotopic (exact) mass is 460 g/mol.